The molecule has 1 aliphatic heterocycles. The van der Waals surface area contributed by atoms with Gasteiger partial charge in [0.25, 0.3) is 11.8 Å². The standard InChI is InChI=1S/C29H33N3O5/c33-28-26-12-7-13-27(32-26)29(34)31-25(19-23-10-5-2-6-11-23)21-37-17-15-35-14-16-36-20-24(30-28)18-22-8-3-1-4-9-22/h1-13,24-25H,14-21H2,(H,30,33)(H,31,34)/t24-,25-/m0/s1. The summed E-state index contributed by atoms with van der Waals surface area (Å²) >= 11 is 0. The lowest BCUT2D eigenvalue weighted by Gasteiger charge is -2.21. The van der Waals surface area contributed by atoms with Crippen molar-refractivity contribution in [3.8, 4) is 0 Å². The van der Waals surface area contributed by atoms with Crippen LogP contribution in [0.1, 0.15) is 32.1 Å². The highest BCUT2D eigenvalue weighted by molar-refractivity contribution is 5.96. The van der Waals surface area contributed by atoms with E-state index in [1.165, 1.54) is 0 Å². The SMILES string of the molecule is O=C1N[C@@H](Cc2ccccc2)COCCOCCOC[C@H](Cc2ccccc2)NC(=O)c2cccc1n2. The summed E-state index contributed by atoms with van der Waals surface area (Å²) in [7, 11) is 0. The van der Waals surface area contributed by atoms with Crippen LogP contribution in [-0.4, -0.2) is 68.5 Å². The van der Waals surface area contributed by atoms with Gasteiger partial charge in [0.1, 0.15) is 11.4 Å². The predicted octanol–water partition coefficient (Wildman–Crippen LogP) is 2.83. The van der Waals surface area contributed by atoms with Crippen molar-refractivity contribution < 1.29 is 23.8 Å². The molecule has 0 fully saturated rings. The van der Waals surface area contributed by atoms with Crippen LogP contribution >= 0.6 is 0 Å². The Kier molecular flexibility index (Phi) is 10.2. The Hall–Kier alpha value is -3.59. The van der Waals surface area contributed by atoms with Gasteiger partial charge in [-0.1, -0.05) is 66.7 Å². The monoisotopic (exact) mass is 503 g/mol. The van der Waals surface area contributed by atoms with Crippen LogP contribution in [0.15, 0.2) is 78.9 Å². The minimum absolute atomic E-state index is 0.172. The molecule has 1 aliphatic rings. The van der Waals surface area contributed by atoms with E-state index in [1.807, 2.05) is 60.7 Å². The Morgan fingerprint density at radius 2 is 1.03 bits per heavy atom. The lowest BCUT2D eigenvalue weighted by molar-refractivity contribution is 0.00682. The van der Waals surface area contributed by atoms with E-state index >= 15 is 0 Å². The minimum Gasteiger partial charge on any atom is -0.377 e. The van der Waals surface area contributed by atoms with Crippen LogP contribution in [0, 0.1) is 0 Å². The fourth-order valence-corrected chi connectivity index (χ4v) is 4.10. The van der Waals surface area contributed by atoms with Gasteiger partial charge in [-0.25, -0.2) is 4.98 Å². The van der Waals surface area contributed by atoms with Crippen LogP contribution in [0.4, 0.5) is 0 Å². The third kappa shape index (κ3) is 8.78. The van der Waals surface area contributed by atoms with Crippen molar-refractivity contribution in [2.75, 3.05) is 39.6 Å². The molecular formula is C29H33N3O5. The maximum absolute atomic E-state index is 13.1. The van der Waals surface area contributed by atoms with Gasteiger partial charge in [0.15, 0.2) is 0 Å². The zero-order chi connectivity index (χ0) is 25.7. The van der Waals surface area contributed by atoms with E-state index < -0.39 is 0 Å². The number of carbonyl (C=O) groups is 2. The molecule has 194 valence electrons. The number of carbonyl (C=O) groups excluding carboxylic acids is 2. The molecule has 0 radical (unpaired) electrons. The first-order chi connectivity index (χ1) is 18.2. The molecule has 8 nitrogen and oxygen atoms in total. The molecule has 4 rings (SSSR count). The molecule has 37 heavy (non-hydrogen) atoms. The number of aromatic nitrogens is 1. The third-order valence-electron chi connectivity index (χ3n) is 5.92. The van der Waals surface area contributed by atoms with Gasteiger partial charge in [-0.15, -0.1) is 0 Å². The zero-order valence-corrected chi connectivity index (χ0v) is 20.8. The highest BCUT2D eigenvalue weighted by atomic mass is 16.5. The van der Waals surface area contributed by atoms with Crippen molar-refractivity contribution in [1.29, 1.82) is 0 Å². The summed E-state index contributed by atoms with van der Waals surface area (Å²) in [5, 5.41) is 6.03. The normalized spacial score (nSPS) is 20.2. The van der Waals surface area contributed by atoms with E-state index in [1.54, 1.807) is 18.2 Å². The van der Waals surface area contributed by atoms with Gasteiger partial charge < -0.3 is 24.8 Å². The Balaban J connectivity index is 1.50. The van der Waals surface area contributed by atoms with Crippen molar-refractivity contribution in [1.82, 2.24) is 15.6 Å². The molecule has 2 atom stereocenters. The smallest absolute Gasteiger partial charge is 0.270 e. The molecule has 2 aromatic carbocycles. The first kappa shape index (κ1) is 26.5. The number of nitrogens with zero attached hydrogens (tertiary/aromatic N) is 1. The van der Waals surface area contributed by atoms with E-state index in [-0.39, 0.29) is 35.3 Å². The average Bonchev–Trinajstić information content (AvgIpc) is 2.92. The number of hydrogen-bond donors (Lipinski definition) is 2. The second-order valence-electron chi connectivity index (χ2n) is 8.89. The number of fused-ring (bicyclic) bond motifs is 2. The maximum atomic E-state index is 13.1. The highest BCUT2D eigenvalue weighted by Crippen LogP contribution is 2.08. The van der Waals surface area contributed by atoms with Crippen molar-refractivity contribution in [3.05, 3.63) is 101 Å². The zero-order valence-electron chi connectivity index (χ0n) is 20.8. The molecule has 0 spiro atoms. The van der Waals surface area contributed by atoms with Gasteiger partial charge in [0, 0.05) is 0 Å². The number of hydrogen-bond acceptors (Lipinski definition) is 6. The molecule has 2 N–H and O–H groups in total. The topological polar surface area (TPSA) is 98.8 Å². The summed E-state index contributed by atoms with van der Waals surface area (Å²) in [5.74, 6) is -0.721. The molecule has 0 unspecified atom stereocenters. The molecule has 0 saturated carbocycles. The fraction of sp³-hybridized carbons (Fsp3) is 0.345. The Morgan fingerprint density at radius 3 is 1.49 bits per heavy atom. The van der Waals surface area contributed by atoms with E-state index in [2.05, 4.69) is 15.6 Å². The largest absolute Gasteiger partial charge is 0.377 e. The third-order valence-corrected chi connectivity index (χ3v) is 5.92. The second-order valence-corrected chi connectivity index (χ2v) is 8.89. The first-order valence-corrected chi connectivity index (χ1v) is 12.6. The number of benzene rings is 2. The van der Waals surface area contributed by atoms with Crippen molar-refractivity contribution in [2.24, 2.45) is 0 Å². The van der Waals surface area contributed by atoms with Crippen LogP contribution < -0.4 is 10.6 Å². The summed E-state index contributed by atoms with van der Waals surface area (Å²) in [4.78, 5) is 30.5. The lowest BCUT2D eigenvalue weighted by Crippen LogP contribution is -2.42. The van der Waals surface area contributed by atoms with Gasteiger partial charge >= 0.3 is 0 Å². The van der Waals surface area contributed by atoms with Crippen LogP contribution in [0.5, 0.6) is 0 Å². The molecule has 3 aromatic rings. The van der Waals surface area contributed by atoms with E-state index in [4.69, 9.17) is 14.2 Å². The van der Waals surface area contributed by atoms with Crippen LogP contribution in [0.3, 0.4) is 0 Å². The minimum atomic E-state index is -0.360. The molecule has 2 heterocycles. The summed E-state index contributed by atoms with van der Waals surface area (Å²) in [6, 6.07) is 24.1. The number of ether oxygens (including phenoxy) is 3. The van der Waals surface area contributed by atoms with Crippen molar-refractivity contribution >= 4 is 11.8 Å². The molecule has 2 amide bonds. The molecule has 0 aliphatic carbocycles. The number of pyridine rings is 1. The first-order valence-electron chi connectivity index (χ1n) is 12.6. The predicted molar refractivity (Wildman–Crippen MR) is 139 cm³/mol. The number of rotatable bonds is 4. The Morgan fingerprint density at radius 1 is 0.595 bits per heavy atom. The van der Waals surface area contributed by atoms with E-state index in [9.17, 15) is 9.59 Å². The van der Waals surface area contributed by atoms with E-state index in [0.29, 0.717) is 52.5 Å². The molecular weight excluding hydrogens is 470 g/mol. The summed E-state index contributed by atoms with van der Waals surface area (Å²) < 4.78 is 17.2. The molecule has 0 saturated heterocycles. The van der Waals surface area contributed by atoms with Crippen molar-refractivity contribution in [2.45, 2.75) is 24.9 Å². The van der Waals surface area contributed by atoms with Crippen LogP contribution in [0.25, 0.3) is 0 Å². The van der Waals surface area contributed by atoms with Crippen LogP contribution in [-0.2, 0) is 27.1 Å². The second kappa shape index (κ2) is 14.2. The van der Waals surface area contributed by atoms with Gasteiger partial charge in [-0.05, 0) is 36.1 Å². The Bertz CT molecular complexity index is 1040. The lowest BCUT2D eigenvalue weighted by atomic mass is 10.1. The summed E-state index contributed by atoms with van der Waals surface area (Å²) in [6.45, 7) is 2.29. The van der Waals surface area contributed by atoms with Gasteiger partial charge in [-0.2, -0.15) is 0 Å². The highest BCUT2D eigenvalue weighted by Gasteiger charge is 2.20. The average molecular weight is 504 g/mol. The summed E-state index contributed by atoms with van der Waals surface area (Å²) in [5.41, 5.74) is 2.51. The number of nitrogens with one attached hydrogen (secondary N) is 2. The van der Waals surface area contributed by atoms with Crippen molar-refractivity contribution in [3.63, 3.8) is 0 Å². The van der Waals surface area contributed by atoms with Gasteiger partial charge in [0.2, 0.25) is 0 Å². The fourth-order valence-electron chi connectivity index (χ4n) is 4.10. The number of amides is 2. The summed E-state index contributed by atoms with van der Waals surface area (Å²) in [6.07, 6.45) is 1.20. The Labute approximate surface area is 217 Å². The van der Waals surface area contributed by atoms with Gasteiger partial charge in [-0.3, -0.25) is 9.59 Å². The quantitative estimate of drug-likeness (QED) is 0.568. The molecule has 1 aromatic heterocycles. The van der Waals surface area contributed by atoms with Crippen LogP contribution in [0.2, 0.25) is 0 Å². The molecule has 8 heteroatoms. The van der Waals surface area contributed by atoms with E-state index in [0.717, 1.165) is 11.1 Å². The van der Waals surface area contributed by atoms with Gasteiger partial charge in [0.05, 0.1) is 51.7 Å². The molecule has 2 bridgehead atoms. The maximum Gasteiger partial charge on any atom is 0.270 e.